The molecule has 0 fully saturated rings. The Bertz CT molecular complexity index is 899. The van der Waals surface area contributed by atoms with Crippen molar-refractivity contribution < 1.29 is 26.4 Å². The van der Waals surface area contributed by atoms with Gasteiger partial charge in [0.2, 0.25) is 20.0 Å². The van der Waals surface area contributed by atoms with Crippen LogP contribution in [0.4, 0.5) is 0 Å². The Balaban J connectivity index is 4.02. The number of hydrogen-bond donors (Lipinski definition) is 0. The minimum atomic E-state index is -4.19. The minimum absolute atomic E-state index is 0.0249. The number of rotatable bonds is 10. The van der Waals surface area contributed by atoms with E-state index in [-0.39, 0.29) is 16.4 Å². The zero-order valence-corrected chi connectivity index (χ0v) is 21.5. The van der Waals surface area contributed by atoms with E-state index in [1.165, 1.54) is 26.8 Å². The van der Waals surface area contributed by atoms with Crippen LogP contribution in [0.25, 0.3) is 0 Å². The van der Waals surface area contributed by atoms with Gasteiger partial charge in [0.05, 0.1) is 22.0 Å². The molecule has 0 aliphatic rings. The summed E-state index contributed by atoms with van der Waals surface area (Å²) in [4.78, 5) is 12.2. The molecule has 0 aliphatic carbocycles. The standard InChI is InChI=1S/C21H36N2O6S2/c1-10-29-21(24)20-18(30(25,26)22(14(2)3)15(4)5)12-11-13-19(20)31(27,28)23(16(6)7)17(8)9/h11-17H,10H2,1-9H3. The molecule has 0 heterocycles. The van der Waals surface area contributed by atoms with Crippen molar-refractivity contribution in [2.45, 2.75) is 96.3 Å². The lowest BCUT2D eigenvalue weighted by Gasteiger charge is -2.32. The predicted octanol–water partition coefficient (Wildman–Crippen LogP) is 3.48. The molecule has 0 amide bonds. The summed E-state index contributed by atoms with van der Waals surface area (Å²) in [5.41, 5.74) is -0.457. The third-order valence-electron chi connectivity index (χ3n) is 4.61. The Hall–Kier alpha value is -1.49. The van der Waals surface area contributed by atoms with Gasteiger partial charge in [-0.2, -0.15) is 8.61 Å². The van der Waals surface area contributed by atoms with Gasteiger partial charge in [0.25, 0.3) is 0 Å². The summed E-state index contributed by atoms with van der Waals surface area (Å²) in [6.07, 6.45) is 0. The van der Waals surface area contributed by atoms with Crippen LogP contribution in [0.15, 0.2) is 28.0 Å². The lowest BCUT2D eigenvalue weighted by atomic mass is 10.2. The molecule has 1 aromatic rings. The van der Waals surface area contributed by atoms with Crippen molar-refractivity contribution in [2.24, 2.45) is 0 Å². The summed E-state index contributed by atoms with van der Waals surface area (Å²) in [6.45, 7) is 15.3. The zero-order valence-electron chi connectivity index (χ0n) is 19.9. The van der Waals surface area contributed by atoms with E-state index in [9.17, 15) is 21.6 Å². The maximum Gasteiger partial charge on any atom is 0.340 e. The fraction of sp³-hybridized carbons (Fsp3) is 0.667. The van der Waals surface area contributed by atoms with Gasteiger partial charge < -0.3 is 4.74 Å². The van der Waals surface area contributed by atoms with E-state index < -0.39 is 55.7 Å². The summed E-state index contributed by atoms with van der Waals surface area (Å²) in [7, 11) is -8.39. The van der Waals surface area contributed by atoms with Crippen LogP contribution in [0.1, 0.15) is 72.7 Å². The summed E-state index contributed by atoms with van der Waals surface area (Å²) < 4.78 is 61.9. The van der Waals surface area contributed by atoms with Crippen LogP contribution in [0.2, 0.25) is 0 Å². The number of ether oxygens (including phenoxy) is 1. The number of nitrogens with zero attached hydrogens (tertiary/aromatic N) is 2. The van der Waals surface area contributed by atoms with Crippen molar-refractivity contribution in [3.05, 3.63) is 23.8 Å². The van der Waals surface area contributed by atoms with Gasteiger partial charge >= 0.3 is 5.97 Å². The molecule has 10 heteroatoms. The second kappa shape index (κ2) is 10.4. The van der Waals surface area contributed by atoms with Gasteiger partial charge in [-0.1, -0.05) is 6.07 Å². The fourth-order valence-electron chi connectivity index (χ4n) is 3.88. The maximum absolute atomic E-state index is 13.6. The highest BCUT2D eigenvalue weighted by Crippen LogP contribution is 2.32. The van der Waals surface area contributed by atoms with Crippen LogP contribution in [-0.4, -0.2) is 62.2 Å². The first kappa shape index (κ1) is 27.5. The number of hydrogen-bond acceptors (Lipinski definition) is 6. The second-order valence-electron chi connectivity index (χ2n) is 8.39. The van der Waals surface area contributed by atoms with Crippen molar-refractivity contribution in [2.75, 3.05) is 6.61 Å². The molecular weight excluding hydrogens is 440 g/mol. The third-order valence-corrected chi connectivity index (χ3v) is 9.20. The van der Waals surface area contributed by atoms with Crippen molar-refractivity contribution in [1.29, 1.82) is 0 Å². The summed E-state index contributed by atoms with van der Waals surface area (Å²) in [5, 5.41) is 0. The Morgan fingerprint density at radius 1 is 0.774 bits per heavy atom. The highest BCUT2D eigenvalue weighted by molar-refractivity contribution is 7.90. The molecule has 0 saturated heterocycles. The molecule has 8 nitrogen and oxygen atoms in total. The summed E-state index contributed by atoms with van der Waals surface area (Å²) in [5.74, 6) is -0.986. The topological polar surface area (TPSA) is 101 Å². The monoisotopic (exact) mass is 476 g/mol. The van der Waals surface area contributed by atoms with Crippen LogP contribution >= 0.6 is 0 Å². The average molecular weight is 477 g/mol. The minimum Gasteiger partial charge on any atom is -0.462 e. The number of carbonyl (C=O) groups is 1. The SMILES string of the molecule is CCOC(=O)c1c(S(=O)(=O)N(C(C)C)C(C)C)cccc1S(=O)(=O)N(C(C)C)C(C)C. The van der Waals surface area contributed by atoms with Gasteiger partial charge in [-0.15, -0.1) is 0 Å². The Kier molecular flexibility index (Phi) is 9.26. The molecular formula is C21H36N2O6S2. The molecule has 0 spiro atoms. The summed E-state index contributed by atoms with van der Waals surface area (Å²) in [6, 6.07) is 2.26. The number of carbonyl (C=O) groups excluding carboxylic acids is 1. The normalized spacial score (nSPS) is 13.3. The fourth-order valence-corrected chi connectivity index (χ4v) is 8.02. The number of esters is 1. The first-order valence-corrected chi connectivity index (χ1v) is 13.4. The second-order valence-corrected chi connectivity index (χ2v) is 12.0. The van der Waals surface area contributed by atoms with Crippen LogP contribution in [0.3, 0.4) is 0 Å². The van der Waals surface area contributed by atoms with Gasteiger partial charge in [-0.3, -0.25) is 0 Å². The first-order valence-electron chi connectivity index (χ1n) is 10.5. The van der Waals surface area contributed by atoms with E-state index in [2.05, 4.69) is 0 Å². The van der Waals surface area contributed by atoms with Crippen LogP contribution in [-0.2, 0) is 24.8 Å². The maximum atomic E-state index is 13.6. The lowest BCUT2D eigenvalue weighted by Crippen LogP contribution is -2.44. The van der Waals surface area contributed by atoms with Crippen LogP contribution < -0.4 is 0 Å². The van der Waals surface area contributed by atoms with Gasteiger partial charge in [-0.25, -0.2) is 21.6 Å². The van der Waals surface area contributed by atoms with Crippen molar-refractivity contribution in [3.63, 3.8) is 0 Å². The molecule has 0 N–H and O–H groups in total. The first-order chi connectivity index (χ1) is 14.1. The van der Waals surface area contributed by atoms with Crippen molar-refractivity contribution >= 4 is 26.0 Å². The molecule has 0 atom stereocenters. The Morgan fingerprint density at radius 2 is 1.10 bits per heavy atom. The van der Waals surface area contributed by atoms with E-state index in [1.807, 2.05) is 0 Å². The van der Waals surface area contributed by atoms with Crippen molar-refractivity contribution in [3.8, 4) is 0 Å². The van der Waals surface area contributed by atoms with Gasteiger partial charge in [-0.05, 0) is 74.4 Å². The number of benzene rings is 1. The third kappa shape index (κ3) is 5.66. The van der Waals surface area contributed by atoms with Gasteiger partial charge in [0, 0.05) is 24.2 Å². The molecule has 0 bridgehead atoms. The van der Waals surface area contributed by atoms with E-state index in [0.29, 0.717) is 0 Å². The molecule has 0 saturated carbocycles. The van der Waals surface area contributed by atoms with Gasteiger partial charge in [0.15, 0.2) is 0 Å². The molecule has 0 radical (unpaired) electrons. The average Bonchev–Trinajstić information content (AvgIpc) is 2.59. The Morgan fingerprint density at radius 3 is 1.35 bits per heavy atom. The molecule has 31 heavy (non-hydrogen) atoms. The molecule has 0 aromatic heterocycles. The number of sulfonamides is 2. The molecule has 1 rings (SSSR count). The van der Waals surface area contributed by atoms with Gasteiger partial charge in [0.1, 0.15) is 0 Å². The smallest absolute Gasteiger partial charge is 0.340 e. The molecule has 178 valence electrons. The predicted molar refractivity (Wildman–Crippen MR) is 121 cm³/mol. The zero-order chi connectivity index (χ0) is 24.3. The Labute approximate surface area is 187 Å². The van der Waals surface area contributed by atoms with Crippen LogP contribution in [0, 0.1) is 0 Å². The molecule has 1 aromatic carbocycles. The van der Waals surface area contributed by atoms with E-state index in [4.69, 9.17) is 4.74 Å². The van der Waals surface area contributed by atoms with Crippen LogP contribution in [0.5, 0.6) is 0 Å². The quantitative estimate of drug-likeness (QED) is 0.479. The highest BCUT2D eigenvalue weighted by atomic mass is 32.2. The van der Waals surface area contributed by atoms with E-state index in [1.54, 1.807) is 62.3 Å². The molecule has 0 aliphatic heterocycles. The molecule has 0 unspecified atom stereocenters. The summed E-state index contributed by atoms with van der Waals surface area (Å²) >= 11 is 0. The highest BCUT2D eigenvalue weighted by Gasteiger charge is 2.39. The lowest BCUT2D eigenvalue weighted by molar-refractivity contribution is 0.0516. The van der Waals surface area contributed by atoms with E-state index >= 15 is 0 Å². The van der Waals surface area contributed by atoms with E-state index in [0.717, 1.165) is 0 Å². The van der Waals surface area contributed by atoms with Crippen molar-refractivity contribution in [1.82, 2.24) is 8.61 Å². The largest absolute Gasteiger partial charge is 0.462 e.